The third-order valence-corrected chi connectivity index (χ3v) is 5.02. The summed E-state index contributed by atoms with van der Waals surface area (Å²) in [6, 6.07) is 2.30. The van der Waals surface area contributed by atoms with E-state index in [0.29, 0.717) is 10.7 Å². The van der Waals surface area contributed by atoms with Gasteiger partial charge in [-0.2, -0.15) is 0 Å². The van der Waals surface area contributed by atoms with Crippen LogP contribution >= 0.6 is 15.9 Å². The third kappa shape index (κ3) is 2.88. The van der Waals surface area contributed by atoms with Gasteiger partial charge in [-0.3, -0.25) is 0 Å². The topological polar surface area (TPSA) is 0 Å². The largest absolute Gasteiger partial charge is 0.0884 e. The van der Waals surface area contributed by atoms with Crippen molar-refractivity contribution in [2.45, 2.75) is 52.8 Å². The van der Waals surface area contributed by atoms with Gasteiger partial charge in [0.05, 0.1) is 0 Å². The minimum Gasteiger partial charge on any atom is -0.0884 e. The Balaban J connectivity index is 3.12. The van der Waals surface area contributed by atoms with Gasteiger partial charge in [-0.15, -0.1) is 0 Å². The second kappa shape index (κ2) is 5.35. The van der Waals surface area contributed by atoms with Crippen LogP contribution in [0.1, 0.15) is 41.7 Å². The molecule has 1 atom stereocenters. The molecule has 0 amide bonds. The van der Waals surface area contributed by atoms with Crippen LogP contribution in [0.4, 0.5) is 0 Å². The van der Waals surface area contributed by atoms with Crippen molar-refractivity contribution < 1.29 is 0 Å². The first-order chi connectivity index (χ1) is 7.34. The molecule has 0 bridgehead atoms. The molecule has 1 aromatic rings. The summed E-state index contributed by atoms with van der Waals surface area (Å²) >= 11 is 3.80. The fraction of sp³-hybridized carbons (Fsp3) is 0.600. The van der Waals surface area contributed by atoms with Crippen molar-refractivity contribution in [3.63, 3.8) is 0 Å². The van der Waals surface area contributed by atoms with Gasteiger partial charge in [0.15, 0.2) is 0 Å². The Kier molecular flexibility index (Phi) is 4.61. The Morgan fingerprint density at radius 1 is 1.00 bits per heavy atom. The van der Waals surface area contributed by atoms with Crippen molar-refractivity contribution in [3.05, 3.63) is 33.9 Å². The van der Waals surface area contributed by atoms with Gasteiger partial charge in [0, 0.05) is 4.83 Å². The smallest absolute Gasteiger partial charge is 0.0209 e. The molecule has 0 radical (unpaired) electrons. The summed E-state index contributed by atoms with van der Waals surface area (Å²) in [5.41, 5.74) is 7.30. The fourth-order valence-corrected chi connectivity index (χ4v) is 2.36. The maximum absolute atomic E-state index is 3.80. The highest BCUT2D eigenvalue weighted by atomic mass is 79.9. The molecule has 0 fully saturated rings. The summed E-state index contributed by atoms with van der Waals surface area (Å²) in [5.74, 6) is 0.680. The molecule has 0 aromatic heterocycles. The summed E-state index contributed by atoms with van der Waals surface area (Å²) in [5, 5.41) is 0. The van der Waals surface area contributed by atoms with Crippen LogP contribution in [-0.2, 0) is 6.42 Å². The van der Waals surface area contributed by atoms with E-state index in [1.165, 1.54) is 27.8 Å². The highest BCUT2D eigenvalue weighted by Gasteiger charge is 2.15. The van der Waals surface area contributed by atoms with Gasteiger partial charge in [-0.1, -0.05) is 35.8 Å². The second-order valence-corrected chi connectivity index (χ2v) is 6.38. The molecule has 1 aromatic carbocycles. The average Bonchev–Trinajstić information content (AvgIpc) is 2.21. The van der Waals surface area contributed by atoms with E-state index in [1.54, 1.807) is 0 Å². The standard InChI is InChI=1S/C15H23Br/c1-9(2)15(16)8-14-12(5)10(3)7-11(4)13(14)6/h7,9,15H,8H2,1-6H3. The fourth-order valence-electron chi connectivity index (χ4n) is 2.04. The van der Waals surface area contributed by atoms with Gasteiger partial charge >= 0.3 is 0 Å². The van der Waals surface area contributed by atoms with E-state index >= 15 is 0 Å². The van der Waals surface area contributed by atoms with Crippen molar-refractivity contribution in [3.8, 4) is 0 Å². The zero-order chi connectivity index (χ0) is 12.5. The quantitative estimate of drug-likeness (QED) is 0.693. The van der Waals surface area contributed by atoms with Gasteiger partial charge in [0.25, 0.3) is 0 Å². The van der Waals surface area contributed by atoms with E-state index in [9.17, 15) is 0 Å². The van der Waals surface area contributed by atoms with E-state index in [2.05, 4.69) is 63.5 Å². The van der Waals surface area contributed by atoms with Crippen molar-refractivity contribution in [2.24, 2.45) is 5.92 Å². The summed E-state index contributed by atoms with van der Waals surface area (Å²) < 4.78 is 0. The van der Waals surface area contributed by atoms with Crippen molar-refractivity contribution in [2.75, 3.05) is 0 Å². The number of halogens is 1. The number of hydrogen-bond donors (Lipinski definition) is 0. The molecule has 0 N–H and O–H groups in total. The van der Waals surface area contributed by atoms with Crippen LogP contribution < -0.4 is 0 Å². The first-order valence-corrected chi connectivity index (χ1v) is 6.96. The van der Waals surface area contributed by atoms with E-state index in [4.69, 9.17) is 0 Å². The Labute approximate surface area is 109 Å². The lowest BCUT2D eigenvalue weighted by atomic mass is 9.90. The predicted molar refractivity (Wildman–Crippen MR) is 76.6 cm³/mol. The lowest BCUT2D eigenvalue weighted by Gasteiger charge is -2.20. The monoisotopic (exact) mass is 282 g/mol. The molecule has 1 heteroatoms. The van der Waals surface area contributed by atoms with Gasteiger partial charge in [-0.05, 0) is 67.9 Å². The normalized spacial score (nSPS) is 13.2. The molecular weight excluding hydrogens is 260 g/mol. The van der Waals surface area contributed by atoms with Crippen molar-refractivity contribution in [1.82, 2.24) is 0 Å². The number of rotatable bonds is 3. The lowest BCUT2D eigenvalue weighted by Crippen LogP contribution is -2.13. The zero-order valence-electron chi connectivity index (χ0n) is 11.3. The Hall–Kier alpha value is -0.300. The van der Waals surface area contributed by atoms with E-state index in [0.717, 1.165) is 6.42 Å². The third-order valence-electron chi connectivity index (χ3n) is 3.64. The highest BCUT2D eigenvalue weighted by Crippen LogP contribution is 2.26. The summed E-state index contributed by atoms with van der Waals surface area (Å²) in [6.45, 7) is 13.5. The number of hydrogen-bond acceptors (Lipinski definition) is 0. The van der Waals surface area contributed by atoms with Crippen LogP contribution in [0.3, 0.4) is 0 Å². The molecule has 0 saturated carbocycles. The molecule has 16 heavy (non-hydrogen) atoms. The average molecular weight is 283 g/mol. The SMILES string of the molecule is Cc1cc(C)c(C)c(CC(Br)C(C)C)c1C. The van der Waals surface area contributed by atoms with Crippen molar-refractivity contribution in [1.29, 1.82) is 0 Å². The van der Waals surface area contributed by atoms with Gasteiger partial charge < -0.3 is 0 Å². The molecule has 0 aliphatic carbocycles. The summed E-state index contributed by atoms with van der Waals surface area (Å²) in [7, 11) is 0. The minimum absolute atomic E-state index is 0.575. The molecule has 0 saturated heterocycles. The van der Waals surface area contributed by atoms with Crippen LogP contribution in [0, 0.1) is 33.6 Å². The van der Waals surface area contributed by atoms with Crippen molar-refractivity contribution >= 4 is 15.9 Å². The first kappa shape index (κ1) is 13.8. The van der Waals surface area contributed by atoms with Gasteiger partial charge in [0.1, 0.15) is 0 Å². The molecule has 0 aliphatic rings. The molecule has 0 spiro atoms. The van der Waals surface area contributed by atoms with Crippen LogP contribution in [0.15, 0.2) is 6.07 Å². The lowest BCUT2D eigenvalue weighted by molar-refractivity contribution is 0.610. The molecule has 0 nitrogen and oxygen atoms in total. The zero-order valence-corrected chi connectivity index (χ0v) is 12.9. The maximum Gasteiger partial charge on any atom is 0.0209 e. The number of benzene rings is 1. The number of aryl methyl sites for hydroxylation is 2. The highest BCUT2D eigenvalue weighted by molar-refractivity contribution is 9.09. The molecule has 0 heterocycles. The van der Waals surface area contributed by atoms with Crippen LogP contribution in [0.2, 0.25) is 0 Å². The number of alkyl halides is 1. The summed E-state index contributed by atoms with van der Waals surface area (Å²) in [6.07, 6.45) is 1.14. The molecule has 1 rings (SSSR count). The molecular formula is C15H23Br. The Morgan fingerprint density at radius 2 is 1.44 bits per heavy atom. The summed E-state index contributed by atoms with van der Waals surface area (Å²) in [4.78, 5) is 0.575. The van der Waals surface area contributed by atoms with Gasteiger partial charge in [-0.25, -0.2) is 0 Å². The Morgan fingerprint density at radius 3 is 1.81 bits per heavy atom. The predicted octanol–water partition coefficient (Wildman–Crippen LogP) is 4.88. The molecule has 90 valence electrons. The minimum atomic E-state index is 0.575. The van der Waals surface area contributed by atoms with E-state index in [-0.39, 0.29) is 0 Å². The van der Waals surface area contributed by atoms with E-state index < -0.39 is 0 Å². The second-order valence-electron chi connectivity index (χ2n) is 5.20. The van der Waals surface area contributed by atoms with Crippen LogP contribution in [-0.4, -0.2) is 4.83 Å². The maximum atomic E-state index is 3.80. The molecule has 0 aliphatic heterocycles. The Bertz CT molecular complexity index is 351. The van der Waals surface area contributed by atoms with Crippen LogP contribution in [0.5, 0.6) is 0 Å². The van der Waals surface area contributed by atoms with Gasteiger partial charge in [0.2, 0.25) is 0 Å². The van der Waals surface area contributed by atoms with E-state index in [1.807, 2.05) is 0 Å². The van der Waals surface area contributed by atoms with Crippen LogP contribution in [0.25, 0.3) is 0 Å². The molecule has 1 unspecified atom stereocenters. The first-order valence-electron chi connectivity index (χ1n) is 6.05.